The topological polar surface area (TPSA) is 59.8 Å². The highest BCUT2D eigenvalue weighted by atomic mass is 16.5. The van der Waals surface area contributed by atoms with Crippen LogP contribution in [0.4, 0.5) is 0 Å². The molecule has 0 atom stereocenters. The van der Waals surface area contributed by atoms with Crippen LogP contribution in [0.25, 0.3) is 0 Å². The summed E-state index contributed by atoms with van der Waals surface area (Å²) < 4.78 is 15.6. The van der Waals surface area contributed by atoms with E-state index in [0.717, 1.165) is 44.2 Å². The second kappa shape index (κ2) is 9.91. The van der Waals surface area contributed by atoms with Crippen molar-refractivity contribution in [1.29, 1.82) is 0 Å². The minimum absolute atomic E-state index is 0.697. The first kappa shape index (κ1) is 16.1. The molecule has 19 heavy (non-hydrogen) atoms. The first-order valence-electron chi connectivity index (χ1n) is 6.65. The lowest BCUT2D eigenvalue weighted by molar-refractivity contribution is 0.104. The summed E-state index contributed by atoms with van der Waals surface area (Å²) in [5.41, 5.74) is 0.940. The molecule has 0 aliphatic rings. The maximum atomic E-state index is 5.34. The maximum Gasteiger partial charge on any atom is 0.151 e. The SMILES string of the molecule is CCNCc1cc(CN(CCOC)CCOC)on1. The third kappa shape index (κ3) is 6.68. The van der Waals surface area contributed by atoms with Crippen LogP contribution in [0.2, 0.25) is 0 Å². The van der Waals surface area contributed by atoms with E-state index in [1.54, 1.807) is 14.2 Å². The van der Waals surface area contributed by atoms with Crippen LogP contribution in [0.1, 0.15) is 18.4 Å². The Bertz CT molecular complexity index is 323. The summed E-state index contributed by atoms with van der Waals surface area (Å²) in [6.07, 6.45) is 0. The molecule has 0 radical (unpaired) electrons. The van der Waals surface area contributed by atoms with Crippen molar-refractivity contribution < 1.29 is 14.0 Å². The minimum Gasteiger partial charge on any atom is -0.383 e. The fourth-order valence-corrected chi connectivity index (χ4v) is 1.70. The zero-order valence-corrected chi connectivity index (χ0v) is 12.1. The average molecular weight is 271 g/mol. The molecule has 0 aliphatic heterocycles. The molecule has 0 amide bonds. The normalized spacial score (nSPS) is 11.4. The van der Waals surface area contributed by atoms with Crippen molar-refractivity contribution in [3.8, 4) is 0 Å². The lowest BCUT2D eigenvalue weighted by Gasteiger charge is -2.19. The van der Waals surface area contributed by atoms with Crippen molar-refractivity contribution >= 4 is 0 Å². The molecule has 1 aromatic heterocycles. The van der Waals surface area contributed by atoms with Crippen LogP contribution in [-0.2, 0) is 22.6 Å². The van der Waals surface area contributed by atoms with E-state index in [0.29, 0.717) is 13.2 Å². The van der Waals surface area contributed by atoms with Gasteiger partial charge in [0.15, 0.2) is 5.76 Å². The summed E-state index contributed by atoms with van der Waals surface area (Å²) in [5, 5.41) is 7.26. The number of hydrogen-bond acceptors (Lipinski definition) is 6. The molecule has 0 unspecified atom stereocenters. The van der Waals surface area contributed by atoms with Crippen molar-refractivity contribution in [2.45, 2.75) is 20.0 Å². The number of nitrogens with one attached hydrogen (secondary N) is 1. The quantitative estimate of drug-likeness (QED) is 0.645. The molecule has 6 nitrogen and oxygen atoms in total. The molecule has 0 spiro atoms. The molecule has 0 saturated carbocycles. The molecule has 0 aromatic carbocycles. The van der Waals surface area contributed by atoms with Crippen LogP contribution in [0.3, 0.4) is 0 Å². The predicted octanol–water partition coefficient (Wildman–Crippen LogP) is 0.879. The van der Waals surface area contributed by atoms with E-state index in [4.69, 9.17) is 14.0 Å². The van der Waals surface area contributed by atoms with Crippen LogP contribution in [0.5, 0.6) is 0 Å². The average Bonchev–Trinajstić information content (AvgIpc) is 2.87. The zero-order valence-electron chi connectivity index (χ0n) is 12.1. The minimum atomic E-state index is 0.697. The number of ether oxygens (including phenoxy) is 2. The van der Waals surface area contributed by atoms with Crippen LogP contribution < -0.4 is 5.32 Å². The smallest absolute Gasteiger partial charge is 0.151 e. The van der Waals surface area contributed by atoms with Gasteiger partial charge >= 0.3 is 0 Å². The number of nitrogens with zero attached hydrogens (tertiary/aromatic N) is 2. The van der Waals surface area contributed by atoms with E-state index < -0.39 is 0 Å². The molecule has 1 N–H and O–H groups in total. The predicted molar refractivity (Wildman–Crippen MR) is 72.9 cm³/mol. The Morgan fingerprint density at radius 2 is 1.95 bits per heavy atom. The van der Waals surface area contributed by atoms with Gasteiger partial charge in [-0.3, -0.25) is 4.90 Å². The van der Waals surface area contributed by atoms with Gasteiger partial charge in [-0.05, 0) is 6.54 Å². The fourth-order valence-electron chi connectivity index (χ4n) is 1.70. The molecule has 0 saturated heterocycles. The van der Waals surface area contributed by atoms with E-state index in [2.05, 4.69) is 22.3 Å². The summed E-state index contributed by atoms with van der Waals surface area (Å²) in [4.78, 5) is 2.23. The Morgan fingerprint density at radius 1 is 1.26 bits per heavy atom. The van der Waals surface area contributed by atoms with E-state index in [-0.39, 0.29) is 0 Å². The third-order valence-electron chi connectivity index (χ3n) is 2.77. The van der Waals surface area contributed by atoms with Crippen LogP contribution in [0, 0.1) is 0 Å². The first-order chi connectivity index (χ1) is 9.30. The summed E-state index contributed by atoms with van der Waals surface area (Å²) in [6.45, 7) is 7.56. The van der Waals surface area contributed by atoms with Crippen molar-refractivity contribution in [2.24, 2.45) is 0 Å². The Labute approximate surface area is 115 Å². The van der Waals surface area contributed by atoms with Crippen molar-refractivity contribution in [3.05, 3.63) is 17.5 Å². The summed E-state index contributed by atoms with van der Waals surface area (Å²) >= 11 is 0. The standard InChI is InChI=1S/C13H25N3O3/c1-4-14-10-12-9-13(19-15-12)11-16(5-7-17-2)6-8-18-3/h9,14H,4-8,10-11H2,1-3H3. The van der Waals surface area contributed by atoms with Gasteiger partial charge in [0.1, 0.15) is 0 Å². The van der Waals surface area contributed by atoms with Crippen LogP contribution >= 0.6 is 0 Å². The van der Waals surface area contributed by atoms with Gasteiger partial charge in [0.2, 0.25) is 0 Å². The molecule has 0 bridgehead atoms. The molecule has 110 valence electrons. The molecule has 1 aromatic rings. The van der Waals surface area contributed by atoms with Gasteiger partial charge in [0.25, 0.3) is 0 Å². The number of rotatable bonds is 11. The molecular weight excluding hydrogens is 246 g/mol. The van der Waals surface area contributed by atoms with Crippen molar-refractivity contribution in [2.75, 3.05) is 47.1 Å². The molecular formula is C13H25N3O3. The van der Waals surface area contributed by atoms with Gasteiger partial charge in [-0.1, -0.05) is 12.1 Å². The Kier molecular flexibility index (Phi) is 8.40. The van der Waals surface area contributed by atoms with Gasteiger partial charge in [0, 0.05) is 39.9 Å². The summed E-state index contributed by atoms with van der Waals surface area (Å²) in [5.74, 6) is 0.875. The van der Waals surface area contributed by atoms with Crippen molar-refractivity contribution in [1.82, 2.24) is 15.4 Å². The third-order valence-corrected chi connectivity index (χ3v) is 2.77. The summed E-state index contributed by atoms with van der Waals surface area (Å²) in [7, 11) is 3.41. The lowest BCUT2D eigenvalue weighted by atomic mass is 10.3. The van der Waals surface area contributed by atoms with Crippen LogP contribution in [-0.4, -0.2) is 57.1 Å². The Balaban J connectivity index is 2.44. The van der Waals surface area contributed by atoms with Gasteiger partial charge < -0.3 is 19.3 Å². The first-order valence-corrected chi connectivity index (χ1v) is 6.65. The number of methoxy groups -OCH3 is 2. The molecule has 0 aliphatic carbocycles. The Morgan fingerprint density at radius 3 is 2.53 bits per heavy atom. The summed E-state index contributed by atoms with van der Waals surface area (Å²) in [6, 6.07) is 2.00. The van der Waals surface area contributed by atoms with Gasteiger partial charge in [0.05, 0.1) is 25.5 Å². The second-order valence-corrected chi connectivity index (χ2v) is 4.33. The largest absolute Gasteiger partial charge is 0.383 e. The lowest BCUT2D eigenvalue weighted by Crippen LogP contribution is -2.30. The Hall–Kier alpha value is -0.950. The number of aromatic nitrogens is 1. The van der Waals surface area contributed by atoms with Crippen LogP contribution in [0.15, 0.2) is 10.6 Å². The van der Waals surface area contributed by atoms with Crippen molar-refractivity contribution in [3.63, 3.8) is 0 Å². The number of hydrogen-bond donors (Lipinski definition) is 1. The molecule has 1 heterocycles. The highest BCUT2D eigenvalue weighted by Crippen LogP contribution is 2.07. The van der Waals surface area contributed by atoms with E-state index >= 15 is 0 Å². The maximum absolute atomic E-state index is 5.34. The second-order valence-electron chi connectivity index (χ2n) is 4.33. The molecule has 6 heteroatoms. The molecule has 1 rings (SSSR count). The van der Waals surface area contributed by atoms with Gasteiger partial charge in [-0.15, -0.1) is 0 Å². The monoisotopic (exact) mass is 271 g/mol. The van der Waals surface area contributed by atoms with Gasteiger partial charge in [-0.2, -0.15) is 0 Å². The fraction of sp³-hybridized carbons (Fsp3) is 0.769. The zero-order chi connectivity index (χ0) is 13.9. The highest BCUT2D eigenvalue weighted by molar-refractivity contribution is 5.05. The molecule has 0 fully saturated rings. The van der Waals surface area contributed by atoms with E-state index in [1.807, 2.05) is 6.07 Å². The highest BCUT2D eigenvalue weighted by Gasteiger charge is 2.10. The van der Waals surface area contributed by atoms with E-state index in [1.165, 1.54) is 0 Å². The van der Waals surface area contributed by atoms with E-state index in [9.17, 15) is 0 Å². The van der Waals surface area contributed by atoms with Gasteiger partial charge in [-0.25, -0.2) is 0 Å².